The second-order valence-corrected chi connectivity index (χ2v) is 6.42. The first-order chi connectivity index (χ1) is 9.26. The van der Waals surface area contributed by atoms with E-state index in [1.165, 1.54) is 0 Å². The van der Waals surface area contributed by atoms with E-state index in [0.717, 1.165) is 16.1 Å². The summed E-state index contributed by atoms with van der Waals surface area (Å²) in [5.41, 5.74) is 0.143. The monoisotopic (exact) mass is 275 g/mol. The van der Waals surface area contributed by atoms with Crippen molar-refractivity contribution >= 4 is 11.0 Å². The van der Waals surface area contributed by atoms with Gasteiger partial charge < -0.3 is 15.3 Å². The first-order valence-electron chi connectivity index (χ1n) is 6.72. The van der Waals surface area contributed by atoms with Crippen molar-refractivity contribution in [2.45, 2.75) is 44.9 Å². The van der Waals surface area contributed by atoms with E-state index in [0.29, 0.717) is 5.82 Å². The van der Waals surface area contributed by atoms with Crippen LogP contribution in [0.3, 0.4) is 0 Å². The van der Waals surface area contributed by atoms with Gasteiger partial charge in [-0.25, -0.2) is 4.98 Å². The van der Waals surface area contributed by atoms with Crippen LogP contribution in [0.15, 0.2) is 24.3 Å². The Bertz CT molecular complexity index is 596. The molecule has 3 rings (SSSR count). The lowest BCUT2D eigenvalue weighted by Crippen LogP contribution is -3.14. The smallest absolute Gasteiger partial charge is 0.228 e. The molecule has 1 aliphatic heterocycles. The summed E-state index contributed by atoms with van der Waals surface area (Å²) in [7, 11) is 0. The topological polar surface area (TPSA) is 79.3 Å². The van der Waals surface area contributed by atoms with Gasteiger partial charge in [0.1, 0.15) is 11.1 Å². The van der Waals surface area contributed by atoms with Crippen LogP contribution in [-0.4, -0.2) is 26.1 Å². The fraction of sp³-hybridized carbons (Fsp3) is 0.500. The van der Waals surface area contributed by atoms with E-state index >= 15 is 0 Å². The van der Waals surface area contributed by atoms with Gasteiger partial charge in [0, 0.05) is 0 Å². The van der Waals surface area contributed by atoms with Crippen LogP contribution in [0.5, 0.6) is 0 Å². The van der Waals surface area contributed by atoms with Gasteiger partial charge in [0.05, 0.1) is 11.0 Å². The van der Waals surface area contributed by atoms with Gasteiger partial charge in [-0.3, -0.25) is 0 Å². The number of hydroxylamine groups is 4. The van der Waals surface area contributed by atoms with Gasteiger partial charge in [-0.05, 0) is 39.8 Å². The van der Waals surface area contributed by atoms with Crippen LogP contribution in [0.2, 0.25) is 0 Å². The zero-order valence-electron chi connectivity index (χ0n) is 12.1. The van der Waals surface area contributed by atoms with Gasteiger partial charge in [-0.15, -0.1) is 5.21 Å². The van der Waals surface area contributed by atoms with E-state index in [-0.39, 0.29) is 5.06 Å². The van der Waals surface area contributed by atoms with E-state index in [9.17, 15) is 10.4 Å². The maximum atomic E-state index is 12.6. The fourth-order valence-corrected chi connectivity index (χ4v) is 2.69. The summed E-state index contributed by atoms with van der Waals surface area (Å²) in [6, 6.07) is 7.52. The number of hydrogen-bond donors (Lipinski definition) is 2. The Balaban J connectivity index is 2.10. The normalized spacial score (nSPS) is 29.1. The highest BCUT2D eigenvalue weighted by atomic mass is 16.6. The second-order valence-electron chi connectivity index (χ2n) is 6.42. The van der Waals surface area contributed by atoms with Crippen molar-refractivity contribution in [1.29, 1.82) is 0 Å². The number of benzene rings is 1. The van der Waals surface area contributed by atoms with Crippen LogP contribution < -0.4 is 5.06 Å². The molecule has 1 aromatic carbocycles. The molecule has 107 valence electrons. The highest BCUT2D eigenvalue weighted by molar-refractivity contribution is 5.74. The number of H-pyrrole nitrogens is 1. The molecule has 1 aliphatic rings. The SMILES string of the molecule is CC1(C)N([O])C(c2nc3ccccc3[nH]2)[NH+]([O-])C1(C)C. The number of nitrogens with zero attached hydrogens (tertiary/aromatic N) is 2. The Kier molecular flexibility index (Phi) is 2.71. The highest BCUT2D eigenvalue weighted by Crippen LogP contribution is 2.36. The number of quaternary nitrogens is 1. The van der Waals surface area contributed by atoms with Crippen molar-refractivity contribution in [3.05, 3.63) is 35.3 Å². The molecule has 0 amide bonds. The van der Waals surface area contributed by atoms with Crippen LogP contribution in [-0.2, 0) is 5.21 Å². The number of nitrogens with one attached hydrogen (secondary N) is 2. The first-order valence-corrected chi connectivity index (χ1v) is 6.72. The Morgan fingerprint density at radius 2 is 1.95 bits per heavy atom. The molecule has 1 saturated heterocycles. The zero-order valence-corrected chi connectivity index (χ0v) is 12.1. The minimum absolute atomic E-state index is 0.0865. The summed E-state index contributed by atoms with van der Waals surface area (Å²) in [4.78, 5) is 7.51. The van der Waals surface area contributed by atoms with Crippen molar-refractivity contribution in [3.8, 4) is 0 Å². The third-order valence-electron chi connectivity index (χ3n) is 4.85. The lowest BCUT2D eigenvalue weighted by molar-refractivity contribution is -0.927. The van der Waals surface area contributed by atoms with Gasteiger partial charge in [-0.1, -0.05) is 17.2 Å². The van der Waals surface area contributed by atoms with Crippen LogP contribution in [0.1, 0.15) is 39.7 Å². The summed E-state index contributed by atoms with van der Waals surface area (Å²) >= 11 is 0. The lowest BCUT2D eigenvalue weighted by Gasteiger charge is -2.38. The third-order valence-corrected chi connectivity index (χ3v) is 4.85. The molecule has 0 saturated carbocycles. The molecule has 1 radical (unpaired) electrons. The van der Waals surface area contributed by atoms with E-state index in [2.05, 4.69) is 9.97 Å². The standard InChI is InChI=1S/C14H19N4O2/c1-13(2)14(3,4)18(20)12(17(13)19)11-15-9-7-5-6-8-10(9)16-11/h5-8,12,17H,1-4H3,(H,15,16). The van der Waals surface area contributed by atoms with E-state index in [1.54, 1.807) is 13.8 Å². The number of rotatable bonds is 1. The maximum Gasteiger partial charge on any atom is 0.228 e. The summed E-state index contributed by atoms with van der Waals surface area (Å²) in [6.45, 7) is 7.26. The number of para-hydroxylation sites is 2. The second kappa shape index (κ2) is 4.02. The van der Waals surface area contributed by atoms with Crippen molar-refractivity contribution in [2.75, 3.05) is 0 Å². The van der Waals surface area contributed by atoms with Crippen molar-refractivity contribution in [1.82, 2.24) is 15.0 Å². The molecule has 0 bridgehead atoms. The highest BCUT2D eigenvalue weighted by Gasteiger charge is 2.61. The predicted molar refractivity (Wildman–Crippen MR) is 73.8 cm³/mol. The minimum atomic E-state index is -0.854. The van der Waals surface area contributed by atoms with E-state index < -0.39 is 17.2 Å². The number of hydrogen-bond acceptors (Lipinski definition) is 3. The molecule has 0 aliphatic carbocycles. The van der Waals surface area contributed by atoms with Crippen LogP contribution in [0, 0.1) is 5.21 Å². The molecular weight excluding hydrogens is 256 g/mol. The summed E-state index contributed by atoms with van der Waals surface area (Å²) < 4.78 is 0. The number of aromatic amines is 1. The number of aromatic nitrogens is 2. The Hall–Kier alpha value is -1.47. The van der Waals surface area contributed by atoms with Gasteiger partial charge >= 0.3 is 0 Å². The predicted octanol–water partition coefficient (Wildman–Crippen LogP) is 1.16. The summed E-state index contributed by atoms with van der Waals surface area (Å²) in [5, 5.41) is 26.0. The molecule has 6 heteroatoms. The van der Waals surface area contributed by atoms with Gasteiger partial charge in [-0.2, -0.15) is 0 Å². The molecular formula is C14H19N4O2. The van der Waals surface area contributed by atoms with Crippen LogP contribution in [0.4, 0.5) is 0 Å². The molecule has 1 aromatic heterocycles. The maximum absolute atomic E-state index is 12.6. The molecule has 1 fully saturated rings. The molecule has 2 heterocycles. The van der Waals surface area contributed by atoms with Crippen molar-refractivity contribution < 1.29 is 10.3 Å². The van der Waals surface area contributed by atoms with Crippen LogP contribution >= 0.6 is 0 Å². The average molecular weight is 275 g/mol. The zero-order chi connectivity index (χ0) is 14.7. The van der Waals surface area contributed by atoms with Crippen LogP contribution in [0.25, 0.3) is 11.0 Å². The Labute approximate surface area is 117 Å². The molecule has 20 heavy (non-hydrogen) atoms. The van der Waals surface area contributed by atoms with Crippen molar-refractivity contribution in [2.24, 2.45) is 0 Å². The van der Waals surface area contributed by atoms with Gasteiger partial charge in [0.15, 0.2) is 5.82 Å². The fourth-order valence-electron chi connectivity index (χ4n) is 2.69. The van der Waals surface area contributed by atoms with Crippen molar-refractivity contribution in [3.63, 3.8) is 0 Å². The molecule has 2 unspecified atom stereocenters. The quantitative estimate of drug-likeness (QED) is 0.767. The molecule has 6 nitrogen and oxygen atoms in total. The van der Waals surface area contributed by atoms with Gasteiger partial charge in [0.2, 0.25) is 6.17 Å². The largest absolute Gasteiger partial charge is 0.632 e. The molecule has 2 aromatic rings. The number of fused-ring (bicyclic) bond motifs is 1. The molecule has 2 N–H and O–H groups in total. The first kappa shape index (κ1) is 13.5. The average Bonchev–Trinajstić information content (AvgIpc) is 2.85. The van der Waals surface area contributed by atoms with E-state index in [4.69, 9.17) is 0 Å². The number of imidazole rings is 1. The van der Waals surface area contributed by atoms with Gasteiger partial charge in [0.25, 0.3) is 0 Å². The Morgan fingerprint density at radius 1 is 1.30 bits per heavy atom. The molecule has 0 spiro atoms. The lowest BCUT2D eigenvalue weighted by atomic mass is 9.84. The van der Waals surface area contributed by atoms with E-state index in [1.807, 2.05) is 38.1 Å². The molecule has 2 atom stereocenters. The summed E-state index contributed by atoms with van der Waals surface area (Å²) in [5.74, 6) is 0.435. The Morgan fingerprint density at radius 3 is 2.50 bits per heavy atom. The summed E-state index contributed by atoms with van der Waals surface area (Å²) in [6.07, 6.45) is -0.854. The minimum Gasteiger partial charge on any atom is -0.632 e. The third kappa shape index (κ3) is 1.56.